The molecule has 0 saturated carbocycles. The fourth-order valence-corrected chi connectivity index (χ4v) is 3.61. The average Bonchev–Trinajstić information content (AvgIpc) is 3.18. The molecule has 3 heterocycles. The van der Waals surface area contributed by atoms with Crippen molar-refractivity contribution in [1.29, 1.82) is 0 Å². The largest absolute Gasteiger partial charge is 0.497 e. The first-order valence-electron chi connectivity index (χ1n) is 10.2. The van der Waals surface area contributed by atoms with Crippen molar-refractivity contribution in [2.75, 3.05) is 32.2 Å². The maximum Gasteiger partial charge on any atom is 0.341 e. The van der Waals surface area contributed by atoms with Gasteiger partial charge in [0.1, 0.15) is 11.3 Å². The van der Waals surface area contributed by atoms with Crippen LogP contribution in [0, 0.1) is 0 Å². The van der Waals surface area contributed by atoms with Crippen molar-refractivity contribution in [1.82, 2.24) is 14.8 Å². The van der Waals surface area contributed by atoms with Gasteiger partial charge in [-0.3, -0.25) is 0 Å². The van der Waals surface area contributed by atoms with E-state index in [0.717, 1.165) is 35.2 Å². The molecule has 8 heteroatoms. The number of carbonyl (C=O) groups excluding carboxylic acids is 1. The molecule has 1 N–H and O–H groups in total. The van der Waals surface area contributed by atoms with Gasteiger partial charge in [0.15, 0.2) is 5.65 Å². The molecule has 0 amide bonds. The van der Waals surface area contributed by atoms with Crippen LogP contribution in [0.15, 0.2) is 36.7 Å². The van der Waals surface area contributed by atoms with E-state index in [2.05, 4.69) is 15.4 Å². The molecule has 1 aliphatic rings. The fourth-order valence-electron chi connectivity index (χ4n) is 3.61. The van der Waals surface area contributed by atoms with E-state index >= 15 is 0 Å². The smallest absolute Gasteiger partial charge is 0.341 e. The minimum atomic E-state index is -0.385. The number of aromatic nitrogens is 3. The summed E-state index contributed by atoms with van der Waals surface area (Å²) in [4.78, 5) is 17.1. The Bertz CT molecular complexity index is 1010. The zero-order chi connectivity index (χ0) is 20.9. The SMILES string of the molecule is CCOC(=O)c1cnc2c(cnn2Cc2ccc(OC)cc2)c1NC1CCOCC1. The van der Waals surface area contributed by atoms with E-state index in [-0.39, 0.29) is 12.0 Å². The predicted octanol–water partition coefficient (Wildman–Crippen LogP) is 3.26. The molecule has 0 aliphatic carbocycles. The summed E-state index contributed by atoms with van der Waals surface area (Å²) in [6.45, 7) is 4.08. The third-order valence-electron chi connectivity index (χ3n) is 5.22. The molecule has 0 spiro atoms. The van der Waals surface area contributed by atoms with E-state index in [4.69, 9.17) is 14.2 Å². The highest BCUT2D eigenvalue weighted by Gasteiger charge is 2.22. The van der Waals surface area contributed by atoms with Crippen molar-refractivity contribution in [3.63, 3.8) is 0 Å². The Morgan fingerprint density at radius 3 is 2.70 bits per heavy atom. The summed E-state index contributed by atoms with van der Waals surface area (Å²) in [7, 11) is 1.65. The Kier molecular flexibility index (Phi) is 6.13. The van der Waals surface area contributed by atoms with E-state index in [1.807, 2.05) is 28.9 Å². The van der Waals surface area contributed by atoms with Crippen LogP contribution in [0.25, 0.3) is 11.0 Å². The zero-order valence-electron chi connectivity index (χ0n) is 17.3. The van der Waals surface area contributed by atoms with Gasteiger partial charge in [0.2, 0.25) is 0 Å². The Morgan fingerprint density at radius 2 is 2.00 bits per heavy atom. The summed E-state index contributed by atoms with van der Waals surface area (Å²) in [5.41, 5.74) is 2.95. The summed E-state index contributed by atoms with van der Waals surface area (Å²) < 4.78 is 17.8. The molecule has 3 aromatic rings. The summed E-state index contributed by atoms with van der Waals surface area (Å²) in [5.74, 6) is 0.425. The van der Waals surface area contributed by atoms with Crippen molar-refractivity contribution in [3.8, 4) is 5.75 Å². The summed E-state index contributed by atoms with van der Waals surface area (Å²) in [6.07, 6.45) is 5.10. The molecule has 0 radical (unpaired) electrons. The van der Waals surface area contributed by atoms with Crippen molar-refractivity contribution in [3.05, 3.63) is 47.8 Å². The van der Waals surface area contributed by atoms with Gasteiger partial charge in [0.25, 0.3) is 0 Å². The second-order valence-electron chi connectivity index (χ2n) is 7.19. The van der Waals surface area contributed by atoms with Gasteiger partial charge in [-0.15, -0.1) is 0 Å². The Balaban J connectivity index is 1.69. The molecule has 2 aromatic heterocycles. The highest BCUT2D eigenvalue weighted by molar-refractivity contribution is 6.04. The summed E-state index contributed by atoms with van der Waals surface area (Å²) in [5, 5.41) is 8.88. The van der Waals surface area contributed by atoms with Crippen LogP contribution in [-0.4, -0.2) is 53.7 Å². The zero-order valence-corrected chi connectivity index (χ0v) is 17.3. The second-order valence-corrected chi connectivity index (χ2v) is 7.19. The monoisotopic (exact) mass is 410 g/mol. The number of anilines is 1. The minimum absolute atomic E-state index is 0.225. The van der Waals surface area contributed by atoms with Crippen molar-refractivity contribution >= 4 is 22.7 Å². The van der Waals surface area contributed by atoms with Crippen LogP contribution < -0.4 is 10.1 Å². The molecule has 1 aliphatic heterocycles. The third-order valence-corrected chi connectivity index (χ3v) is 5.22. The van der Waals surface area contributed by atoms with E-state index in [1.54, 1.807) is 26.4 Å². The van der Waals surface area contributed by atoms with Gasteiger partial charge in [0, 0.05) is 25.5 Å². The number of methoxy groups -OCH3 is 1. The Labute approximate surface area is 175 Å². The quantitative estimate of drug-likeness (QED) is 0.598. The number of esters is 1. The van der Waals surface area contributed by atoms with Gasteiger partial charge in [0.05, 0.1) is 37.5 Å². The molecular weight excluding hydrogens is 384 g/mol. The summed E-state index contributed by atoms with van der Waals surface area (Å²) in [6, 6.07) is 8.07. The fraction of sp³-hybridized carbons (Fsp3) is 0.409. The lowest BCUT2D eigenvalue weighted by atomic mass is 10.1. The van der Waals surface area contributed by atoms with Gasteiger partial charge >= 0.3 is 5.97 Å². The molecule has 0 atom stereocenters. The molecule has 4 rings (SSSR count). The van der Waals surface area contributed by atoms with Gasteiger partial charge in [-0.1, -0.05) is 12.1 Å². The third kappa shape index (κ3) is 4.23. The summed E-state index contributed by atoms with van der Waals surface area (Å²) >= 11 is 0. The molecule has 0 unspecified atom stereocenters. The highest BCUT2D eigenvalue weighted by atomic mass is 16.5. The highest BCUT2D eigenvalue weighted by Crippen LogP contribution is 2.29. The predicted molar refractivity (Wildman–Crippen MR) is 113 cm³/mol. The van der Waals surface area contributed by atoms with Crippen LogP contribution in [0.2, 0.25) is 0 Å². The molecule has 1 fully saturated rings. The molecule has 1 aromatic carbocycles. The number of benzene rings is 1. The van der Waals surface area contributed by atoms with Crippen molar-refractivity contribution < 1.29 is 19.0 Å². The normalized spacial score (nSPS) is 14.6. The molecular formula is C22H26N4O4. The molecule has 8 nitrogen and oxygen atoms in total. The molecule has 158 valence electrons. The van der Waals surface area contributed by atoms with Crippen LogP contribution in [0.5, 0.6) is 5.75 Å². The van der Waals surface area contributed by atoms with Gasteiger partial charge in [-0.25, -0.2) is 14.5 Å². The van der Waals surface area contributed by atoms with Crippen LogP contribution in [0.4, 0.5) is 5.69 Å². The lowest BCUT2D eigenvalue weighted by Crippen LogP contribution is -2.29. The first-order chi connectivity index (χ1) is 14.7. The lowest BCUT2D eigenvalue weighted by Gasteiger charge is -2.25. The van der Waals surface area contributed by atoms with Gasteiger partial charge in [-0.05, 0) is 37.5 Å². The minimum Gasteiger partial charge on any atom is -0.497 e. The average molecular weight is 410 g/mol. The number of carbonyl (C=O) groups is 1. The van der Waals surface area contributed by atoms with E-state index in [1.165, 1.54) is 0 Å². The maximum absolute atomic E-state index is 12.5. The maximum atomic E-state index is 12.5. The lowest BCUT2D eigenvalue weighted by molar-refractivity contribution is 0.0527. The number of nitrogens with one attached hydrogen (secondary N) is 1. The Hall–Kier alpha value is -3.13. The first kappa shape index (κ1) is 20.2. The molecule has 0 bridgehead atoms. The first-order valence-corrected chi connectivity index (χ1v) is 10.2. The number of nitrogens with zero attached hydrogens (tertiary/aromatic N) is 3. The van der Waals surface area contributed by atoms with E-state index in [0.29, 0.717) is 37.6 Å². The van der Waals surface area contributed by atoms with Crippen LogP contribution in [0.3, 0.4) is 0 Å². The number of fused-ring (bicyclic) bond motifs is 1. The van der Waals surface area contributed by atoms with E-state index in [9.17, 15) is 4.79 Å². The number of rotatable bonds is 7. The Morgan fingerprint density at radius 1 is 1.23 bits per heavy atom. The van der Waals surface area contributed by atoms with Crippen LogP contribution in [0.1, 0.15) is 35.7 Å². The topological polar surface area (TPSA) is 87.5 Å². The molecule has 1 saturated heterocycles. The number of hydrogen-bond donors (Lipinski definition) is 1. The van der Waals surface area contributed by atoms with Gasteiger partial charge < -0.3 is 19.5 Å². The number of ether oxygens (including phenoxy) is 3. The van der Waals surface area contributed by atoms with E-state index < -0.39 is 0 Å². The second kappa shape index (κ2) is 9.13. The van der Waals surface area contributed by atoms with Crippen LogP contribution >= 0.6 is 0 Å². The number of hydrogen-bond acceptors (Lipinski definition) is 7. The standard InChI is InChI=1S/C22H26N4O4/c1-3-30-22(27)19-12-23-21-18(20(19)25-16-8-10-29-11-9-16)13-24-26(21)14-15-4-6-17(28-2)7-5-15/h4-7,12-13,16H,3,8-11,14H2,1-2H3,(H,23,25). The van der Waals surface area contributed by atoms with Crippen molar-refractivity contribution in [2.45, 2.75) is 32.4 Å². The number of pyridine rings is 1. The van der Waals surface area contributed by atoms with Crippen molar-refractivity contribution in [2.24, 2.45) is 0 Å². The molecule has 30 heavy (non-hydrogen) atoms. The van der Waals surface area contributed by atoms with Crippen LogP contribution in [-0.2, 0) is 16.0 Å². The van der Waals surface area contributed by atoms with Gasteiger partial charge in [-0.2, -0.15) is 5.10 Å².